The van der Waals surface area contributed by atoms with Crippen LogP contribution in [0, 0.1) is 21.2 Å². The lowest BCUT2D eigenvalue weighted by atomic mass is 9.88. The van der Waals surface area contributed by atoms with E-state index in [9.17, 15) is 4.79 Å². The molecule has 6 heteroatoms. The van der Waals surface area contributed by atoms with Crippen LogP contribution in [0.15, 0.2) is 0 Å². The lowest BCUT2D eigenvalue weighted by Crippen LogP contribution is -3.06. The Morgan fingerprint density at radius 1 is 1.33 bits per heavy atom. The molecule has 0 aromatic carbocycles. The molecule has 0 heterocycles. The van der Waals surface area contributed by atoms with Crippen LogP contribution in [0.5, 0.6) is 0 Å². The summed E-state index contributed by atoms with van der Waals surface area (Å²) in [6.07, 6.45) is 3.92. The molecule has 0 aromatic rings. The molecule has 1 saturated carbocycles. The molecule has 1 aliphatic rings. The number of Topliss-reactive ketones (excluding diaryl/α,β-unsaturated/α-hetero) is 1. The zero-order valence-electron chi connectivity index (χ0n) is 9.19. The van der Waals surface area contributed by atoms with Crippen LogP contribution in [0.4, 0.5) is 0 Å². The minimum atomic E-state index is -1.75. The summed E-state index contributed by atoms with van der Waals surface area (Å²) in [5.74, 6) is 1.27. The van der Waals surface area contributed by atoms with Gasteiger partial charge in [-0.25, -0.2) is 0 Å². The van der Waals surface area contributed by atoms with Crippen molar-refractivity contribution in [1.29, 1.82) is 0 Å². The van der Waals surface area contributed by atoms with Gasteiger partial charge in [-0.05, 0) is 12.8 Å². The zero-order chi connectivity index (χ0) is 11.8. The molecule has 1 rings (SSSR count). The largest absolute Gasteiger partial charge is 0.356 e. The van der Waals surface area contributed by atoms with E-state index in [1.165, 1.54) is 11.4 Å². The van der Waals surface area contributed by atoms with Crippen molar-refractivity contribution in [2.45, 2.75) is 25.7 Å². The van der Waals surface area contributed by atoms with E-state index in [1.54, 1.807) is 0 Å². The minimum absolute atomic E-state index is 0.468. The van der Waals surface area contributed by atoms with Gasteiger partial charge < -0.3 is 20.2 Å². The highest BCUT2D eigenvalue weighted by molar-refractivity contribution is 5.78. The van der Waals surface area contributed by atoms with Gasteiger partial charge in [0, 0.05) is 18.8 Å². The van der Waals surface area contributed by atoms with Crippen molar-refractivity contribution < 1.29 is 14.8 Å². The van der Waals surface area contributed by atoms with Gasteiger partial charge in [0.25, 0.3) is 0 Å². The van der Waals surface area contributed by atoms with Crippen molar-refractivity contribution in [3.63, 3.8) is 0 Å². The first-order chi connectivity index (χ1) is 6.91. The summed E-state index contributed by atoms with van der Waals surface area (Å²) < 4.78 is 0. The maximum Gasteiger partial charge on any atom is 0.132 e. The molecule has 0 aromatic heterocycles. The molecule has 0 amide bonds. The molecule has 0 saturated heterocycles. The second kappa shape index (κ2) is 7.17. The molecule has 0 aliphatic heterocycles. The van der Waals surface area contributed by atoms with E-state index < -0.39 is 5.09 Å². The Morgan fingerprint density at radius 3 is 2.07 bits per heavy atom. The van der Waals surface area contributed by atoms with Gasteiger partial charge in [0.05, 0.1) is 25.7 Å². The van der Waals surface area contributed by atoms with Gasteiger partial charge in [0.2, 0.25) is 0 Å². The second-order valence-electron chi connectivity index (χ2n) is 4.12. The molecule has 1 N–H and O–H groups in total. The molecule has 1 aliphatic carbocycles. The normalized spacial score (nSPS) is 17.1. The van der Waals surface area contributed by atoms with Gasteiger partial charge in [-0.1, -0.05) is 0 Å². The van der Waals surface area contributed by atoms with Crippen molar-refractivity contribution >= 4 is 5.78 Å². The molecule has 0 spiro atoms. The Hall–Kier alpha value is -1.17. The Morgan fingerprint density at radius 2 is 1.73 bits per heavy atom. The van der Waals surface area contributed by atoms with E-state index in [0.29, 0.717) is 5.78 Å². The summed E-state index contributed by atoms with van der Waals surface area (Å²) in [5, 5.41) is 14.8. The van der Waals surface area contributed by atoms with Crippen molar-refractivity contribution in [2.24, 2.45) is 5.92 Å². The zero-order valence-corrected chi connectivity index (χ0v) is 9.19. The van der Waals surface area contributed by atoms with Gasteiger partial charge in [0.15, 0.2) is 0 Å². The van der Waals surface area contributed by atoms with E-state index >= 15 is 0 Å². The fraction of sp³-hybridized carbons (Fsp3) is 0.889. The van der Waals surface area contributed by atoms with Gasteiger partial charge in [-0.3, -0.25) is 4.79 Å². The van der Waals surface area contributed by atoms with Gasteiger partial charge >= 0.3 is 0 Å². The molecular formula is C9H18N2O4. The standard InChI is InChI=1S/C9H17NO.NO3/c1-10(2)7-8-3-5-9(11)6-4-8;2-1(3)4/h8H,3-7H2,1-2H3;/q;-1/p+1. The summed E-state index contributed by atoms with van der Waals surface area (Å²) in [4.78, 5) is 20.6. The molecular weight excluding hydrogens is 200 g/mol. The molecule has 6 nitrogen and oxygen atoms in total. The maximum absolute atomic E-state index is 10.9. The van der Waals surface area contributed by atoms with E-state index in [4.69, 9.17) is 15.3 Å². The van der Waals surface area contributed by atoms with E-state index in [0.717, 1.165) is 31.6 Å². The number of hydrogen-bond acceptors (Lipinski definition) is 4. The number of hydrogen-bond donors (Lipinski definition) is 1. The number of rotatable bonds is 2. The van der Waals surface area contributed by atoms with E-state index in [-0.39, 0.29) is 0 Å². The third-order valence-electron chi connectivity index (χ3n) is 2.36. The summed E-state index contributed by atoms with van der Waals surface area (Å²) in [6.45, 7) is 1.23. The first kappa shape index (κ1) is 13.8. The number of nitrogens with zero attached hydrogens (tertiary/aromatic N) is 1. The van der Waals surface area contributed by atoms with Crippen molar-refractivity contribution in [2.75, 3.05) is 20.6 Å². The van der Waals surface area contributed by atoms with Crippen molar-refractivity contribution in [3.8, 4) is 0 Å². The maximum atomic E-state index is 10.9. The molecule has 0 radical (unpaired) electrons. The van der Waals surface area contributed by atoms with Crippen LogP contribution in [0.1, 0.15) is 25.7 Å². The van der Waals surface area contributed by atoms with E-state index in [1.807, 2.05) is 0 Å². The van der Waals surface area contributed by atoms with Crippen molar-refractivity contribution in [3.05, 3.63) is 15.3 Å². The molecule has 0 bridgehead atoms. The fourth-order valence-corrected chi connectivity index (χ4v) is 1.78. The second-order valence-corrected chi connectivity index (χ2v) is 4.12. The third-order valence-corrected chi connectivity index (χ3v) is 2.36. The highest BCUT2D eigenvalue weighted by atomic mass is 16.9. The third kappa shape index (κ3) is 9.14. The smallest absolute Gasteiger partial charge is 0.132 e. The average Bonchev–Trinajstić information content (AvgIpc) is 2.07. The summed E-state index contributed by atoms with van der Waals surface area (Å²) >= 11 is 0. The average molecular weight is 218 g/mol. The Bertz CT molecular complexity index is 204. The van der Waals surface area contributed by atoms with Crippen LogP contribution >= 0.6 is 0 Å². The van der Waals surface area contributed by atoms with E-state index in [2.05, 4.69) is 14.1 Å². The number of carbonyl (C=O) groups excluding carboxylic acids is 1. The summed E-state index contributed by atoms with van der Waals surface area (Å²) in [7, 11) is 4.35. The highest BCUT2D eigenvalue weighted by Gasteiger charge is 2.20. The predicted molar refractivity (Wildman–Crippen MR) is 55.0 cm³/mol. The quantitative estimate of drug-likeness (QED) is 0.507. The Balaban J connectivity index is 0.000000423. The van der Waals surface area contributed by atoms with Gasteiger partial charge in [-0.15, -0.1) is 0 Å². The molecule has 0 atom stereocenters. The fourth-order valence-electron chi connectivity index (χ4n) is 1.78. The molecule has 0 unspecified atom stereocenters. The van der Waals surface area contributed by atoms with Crippen molar-refractivity contribution in [1.82, 2.24) is 0 Å². The lowest BCUT2D eigenvalue weighted by Gasteiger charge is -2.21. The highest BCUT2D eigenvalue weighted by Crippen LogP contribution is 2.19. The molecule has 88 valence electrons. The lowest BCUT2D eigenvalue weighted by molar-refractivity contribution is -0.862. The van der Waals surface area contributed by atoms with Crippen LogP contribution in [-0.2, 0) is 4.79 Å². The predicted octanol–water partition coefficient (Wildman–Crippen LogP) is -0.349. The number of ketones is 1. The van der Waals surface area contributed by atoms with Gasteiger partial charge in [-0.2, -0.15) is 0 Å². The SMILES string of the molecule is C[NH+](C)CC1CCC(=O)CC1.O=[N+]([O-])[O-]. The van der Waals surface area contributed by atoms with Gasteiger partial charge in [0.1, 0.15) is 5.78 Å². The number of nitrogens with one attached hydrogen (secondary N) is 1. The van der Waals surface area contributed by atoms with Crippen LogP contribution in [0.2, 0.25) is 0 Å². The summed E-state index contributed by atoms with van der Waals surface area (Å²) in [5.41, 5.74) is 0. The monoisotopic (exact) mass is 218 g/mol. The Kier molecular flexibility index (Phi) is 6.61. The van der Waals surface area contributed by atoms with Crippen LogP contribution < -0.4 is 4.90 Å². The minimum Gasteiger partial charge on any atom is -0.356 e. The van der Waals surface area contributed by atoms with Crippen LogP contribution in [0.25, 0.3) is 0 Å². The van der Waals surface area contributed by atoms with Crippen LogP contribution in [-0.4, -0.2) is 31.5 Å². The number of carbonyl (C=O) groups is 1. The first-order valence-corrected chi connectivity index (χ1v) is 5.04. The molecule has 15 heavy (non-hydrogen) atoms. The molecule has 1 fully saturated rings. The summed E-state index contributed by atoms with van der Waals surface area (Å²) in [6, 6.07) is 0. The Labute approximate surface area is 89.0 Å². The number of quaternary nitrogens is 1. The first-order valence-electron chi connectivity index (χ1n) is 5.04. The topological polar surface area (TPSA) is 87.7 Å². The van der Waals surface area contributed by atoms with Crippen LogP contribution in [0.3, 0.4) is 0 Å².